The lowest BCUT2D eigenvalue weighted by atomic mass is 9.53. The second-order valence-corrected chi connectivity index (χ2v) is 6.78. The number of ether oxygens (including phenoxy) is 1. The zero-order valence-corrected chi connectivity index (χ0v) is 10.9. The van der Waals surface area contributed by atoms with Gasteiger partial charge in [-0.15, -0.1) is 0 Å². The van der Waals surface area contributed by atoms with Crippen molar-refractivity contribution in [3.63, 3.8) is 0 Å². The van der Waals surface area contributed by atoms with Crippen molar-refractivity contribution in [1.82, 2.24) is 5.32 Å². The lowest BCUT2D eigenvalue weighted by Gasteiger charge is -2.56. The second-order valence-electron chi connectivity index (χ2n) is 6.78. The van der Waals surface area contributed by atoms with Gasteiger partial charge in [0.25, 0.3) is 0 Å². The van der Waals surface area contributed by atoms with Crippen LogP contribution in [0.1, 0.15) is 52.4 Å². The molecule has 0 aromatic heterocycles. The van der Waals surface area contributed by atoms with Gasteiger partial charge in [-0.3, -0.25) is 0 Å². The molecule has 0 heterocycles. The van der Waals surface area contributed by atoms with E-state index >= 15 is 0 Å². The number of carbonyl (C=O) groups excluding carboxylic acids is 1. The number of hydrogen-bond acceptors (Lipinski definition) is 2. The van der Waals surface area contributed by atoms with Gasteiger partial charge in [0.15, 0.2) is 0 Å². The van der Waals surface area contributed by atoms with Gasteiger partial charge >= 0.3 is 6.09 Å². The molecule has 4 fully saturated rings. The highest BCUT2D eigenvalue weighted by atomic mass is 16.6. The van der Waals surface area contributed by atoms with E-state index in [-0.39, 0.29) is 17.7 Å². The highest BCUT2D eigenvalue weighted by molar-refractivity contribution is 5.68. The van der Waals surface area contributed by atoms with Gasteiger partial charge in [0.05, 0.1) is 6.10 Å². The van der Waals surface area contributed by atoms with Crippen molar-refractivity contribution in [2.24, 2.45) is 17.8 Å². The topological polar surface area (TPSA) is 38.3 Å². The fraction of sp³-hybridized carbons (Fsp3) is 0.929. The largest absolute Gasteiger partial charge is 0.447 e. The first-order valence-corrected chi connectivity index (χ1v) is 7.03. The van der Waals surface area contributed by atoms with E-state index in [9.17, 15) is 4.79 Å². The highest BCUT2D eigenvalue weighted by Crippen LogP contribution is 2.55. The second kappa shape index (κ2) is 3.89. The Labute approximate surface area is 103 Å². The average Bonchev–Trinajstić information content (AvgIpc) is 2.11. The lowest BCUT2D eigenvalue weighted by Crippen LogP contribution is -2.60. The molecule has 4 saturated carbocycles. The minimum atomic E-state index is -0.207. The third-order valence-corrected chi connectivity index (χ3v) is 4.75. The molecule has 1 N–H and O–H groups in total. The Morgan fingerprint density at radius 2 is 1.59 bits per heavy atom. The van der Waals surface area contributed by atoms with Gasteiger partial charge < -0.3 is 10.1 Å². The van der Waals surface area contributed by atoms with Crippen LogP contribution < -0.4 is 5.32 Å². The normalized spacial score (nSPS) is 42.9. The molecule has 0 atom stereocenters. The summed E-state index contributed by atoms with van der Waals surface area (Å²) in [4.78, 5) is 11.8. The van der Waals surface area contributed by atoms with Crippen LogP contribution in [0.2, 0.25) is 0 Å². The molecule has 0 spiro atoms. The molecule has 0 aromatic rings. The fourth-order valence-electron chi connectivity index (χ4n) is 4.72. The molecule has 0 radical (unpaired) electrons. The van der Waals surface area contributed by atoms with E-state index in [1.54, 1.807) is 0 Å². The SMILES string of the molecule is CC(C)OC(=O)NC12CC3CC(CC(C3)C1)C2. The monoisotopic (exact) mass is 237 g/mol. The zero-order chi connectivity index (χ0) is 12.0. The minimum Gasteiger partial charge on any atom is -0.447 e. The van der Waals surface area contributed by atoms with E-state index in [1.165, 1.54) is 38.5 Å². The van der Waals surface area contributed by atoms with Crippen LogP contribution in [0.15, 0.2) is 0 Å². The van der Waals surface area contributed by atoms with E-state index in [0.29, 0.717) is 0 Å². The Kier molecular flexibility index (Phi) is 2.60. The Morgan fingerprint density at radius 1 is 1.12 bits per heavy atom. The molecule has 3 heteroatoms. The Bertz CT molecular complexity index is 289. The molecular weight excluding hydrogens is 214 g/mol. The summed E-state index contributed by atoms with van der Waals surface area (Å²) in [6, 6.07) is 0. The first kappa shape index (κ1) is 11.4. The lowest BCUT2D eigenvalue weighted by molar-refractivity contribution is -0.0208. The Balaban J connectivity index is 1.68. The summed E-state index contributed by atoms with van der Waals surface area (Å²) in [5.74, 6) is 2.58. The van der Waals surface area contributed by atoms with Crippen molar-refractivity contribution in [2.45, 2.75) is 64.0 Å². The average molecular weight is 237 g/mol. The fourth-order valence-corrected chi connectivity index (χ4v) is 4.72. The first-order valence-electron chi connectivity index (χ1n) is 7.03. The van der Waals surface area contributed by atoms with Gasteiger partial charge in [-0.2, -0.15) is 0 Å². The van der Waals surface area contributed by atoms with Crippen LogP contribution in [0, 0.1) is 17.8 Å². The Hall–Kier alpha value is -0.730. The molecule has 0 unspecified atom stereocenters. The summed E-state index contributed by atoms with van der Waals surface area (Å²) in [6.45, 7) is 3.80. The molecule has 4 aliphatic carbocycles. The molecule has 3 nitrogen and oxygen atoms in total. The maximum atomic E-state index is 11.8. The van der Waals surface area contributed by atoms with Crippen molar-refractivity contribution in [3.05, 3.63) is 0 Å². The highest BCUT2D eigenvalue weighted by Gasteiger charge is 2.51. The number of alkyl carbamates (subject to hydrolysis) is 1. The van der Waals surface area contributed by atoms with Gasteiger partial charge in [0.2, 0.25) is 0 Å². The van der Waals surface area contributed by atoms with Crippen LogP contribution in [-0.2, 0) is 4.74 Å². The van der Waals surface area contributed by atoms with E-state index in [2.05, 4.69) is 5.32 Å². The van der Waals surface area contributed by atoms with Gasteiger partial charge in [-0.25, -0.2) is 4.79 Å². The smallest absolute Gasteiger partial charge is 0.407 e. The summed E-state index contributed by atoms with van der Waals surface area (Å²) in [6.07, 6.45) is 7.54. The van der Waals surface area contributed by atoms with Crippen LogP contribution in [0.25, 0.3) is 0 Å². The molecule has 0 saturated heterocycles. The van der Waals surface area contributed by atoms with Crippen LogP contribution in [0.3, 0.4) is 0 Å². The van der Waals surface area contributed by atoms with Gasteiger partial charge in [0, 0.05) is 5.54 Å². The molecule has 4 aliphatic rings. The Morgan fingerprint density at radius 3 is 2.00 bits per heavy atom. The number of carbonyl (C=O) groups is 1. The molecule has 1 amide bonds. The predicted octanol–water partition coefficient (Wildman–Crippen LogP) is 3.09. The first-order chi connectivity index (χ1) is 8.05. The number of amides is 1. The summed E-state index contributed by atoms with van der Waals surface area (Å²) in [5.41, 5.74) is 0.0841. The van der Waals surface area contributed by atoms with Crippen molar-refractivity contribution in [2.75, 3.05) is 0 Å². The maximum absolute atomic E-state index is 11.8. The van der Waals surface area contributed by atoms with E-state index in [0.717, 1.165) is 17.8 Å². The number of hydrogen-bond donors (Lipinski definition) is 1. The number of rotatable bonds is 2. The molecule has 0 aromatic carbocycles. The molecule has 17 heavy (non-hydrogen) atoms. The van der Waals surface area contributed by atoms with Crippen molar-refractivity contribution in [1.29, 1.82) is 0 Å². The summed E-state index contributed by atoms with van der Waals surface area (Å²) in [5, 5.41) is 3.19. The van der Waals surface area contributed by atoms with Crippen molar-refractivity contribution in [3.8, 4) is 0 Å². The van der Waals surface area contributed by atoms with E-state index in [1.807, 2.05) is 13.8 Å². The third kappa shape index (κ3) is 2.16. The van der Waals surface area contributed by atoms with E-state index < -0.39 is 0 Å². The van der Waals surface area contributed by atoms with Crippen molar-refractivity contribution >= 4 is 6.09 Å². The van der Waals surface area contributed by atoms with Crippen molar-refractivity contribution < 1.29 is 9.53 Å². The van der Waals surface area contributed by atoms with Gasteiger partial charge in [-0.1, -0.05) is 0 Å². The third-order valence-electron chi connectivity index (χ3n) is 4.75. The molecule has 0 aliphatic heterocycles. The summed E-state index contributed by atoms with van der Waals surface area (Å²) < 4.78 is 5.24. The number of nitrogens with one attached hydrogen (secondary N) is 1. The summed E-state index contributed by atoms with van der Waals surface area (Å²) >= 11 is 0. The quantitative estimate of drug-likeness (QED) is 0.801. The van der Waals surface area contributed by atoms with Crippen LogP contribution in [0.4, 0.5) is 4.79 Å². The van der Waals surface area contributed by atoms with Crippen LogP contribution in [0.5, 0.6) is 0 Å². The van der Waals surface area contributed by atoms with Crippen LogP contribution in [-0.4, -0.2) is 17.7 Å². The summed E-state index contributed by atoms with van der Waals surface area (Å²) in [7, 11) is 0. The molecule has 4 rings (SSSR count). The maximum Gasteiger partial charge on any atom is 0.407 e. The molecular formula is C14H23NO2. The van der Waals surface area contributed by atoms with E-state index in [4.69, 9.17) is 4.74 Å². The molecule has 4 bridgehead atoms. The minimum absolute atomic E-state index is 0.0242. The molecule has 96 valence electrons. The zero-order valence-electron chi connectivity index (χ0n) is 10.9. The van der Waals surface area contributed by atoms with Gasteiger partial charge in [0.1, 0.15) is 0 Å². The predicted molar refractivity (Wildman–Crippen MR) is 65.7 cm³/mol. The van der Waals surface area contributed by atoms with Gasteiger partial charge in [-0.05, 0) is 70.1 Å². The van der Waals surface area contributed by atoms with Crippen LogP contribution >= 0.6 is 0 Å². The standard InChI is InChI=1S/C14H23NO2/c1-9(2)17-13(16)15-14-6-10-3-11(7-14)5-12(4-10)8-14/h9-12H,3-8H2,1-2H3,(H,15,16).